The van der Waals surface area contributed by atoms with Crippen LogP contribution in [0.3, 0.4) is 0 Å². The molecule has 0 spiro atoms. The van der Waals surface area contributed by atoms with E-state index in [1.807, 2.05) is 30.3 Å². The van der Waals surface area contributed by atoms with Crippen molar-refractivity contribution in [2.45, 2.75) is 12.5 Å². The molecule has 0 saturated carbocycles. The Morgan fingerprint density at radius 2 is 2.12 bits per heavy atom. The maximum Gasteiger partial charge on any atom is 0.409 e. The normalized spacial score (nSPS) is 18.1. The highest BCUT2D eigenvalue weighted by Gasteiger charge is 2.22. The van der Waals surface area contributed by atoms with Crippen LogP contribution in [0, 0.1) is 0 Å². The van der Waals surface area contributed by atoms with Crippen LogP contribution in [0.25, 0.3) is 0 Å². The van der Waals surface area contributed by atoms with Crippen molar-refractivity contribution in [3.05, 3.63) is 35.9 Å². The van der Waals surface area contributed by atoms with Crippen molar-refractivity contribution in [2.75, 3.05) is 19.7 Å². The molecule has 1 saturated heterocycles. The van der Waals surface area contributed by atoms with Gasteiger partial charge in [0.15, 0.2) is 0 Å². The fourth-order valence-corrected chi connectivity index (χ4v) is 1.75. The summed E-state index contributed by atoms with van der Waals surface area (Å²) in [4.78, 5) is 12.9. The lowest BCUT2D eigenvalue weighted by atomic mass is 10.1. The van der Waals surface area contributed by atoms with Crippen molar-refractivity contribution >= 4 is 6.09 Å². The van der Waals surface area contributed by atoms with Crippen molar-refractivity contribution in [3.8, 4) is 0 Å². The summed E-state index contributed by atoms with van der Waals surface area (Å²) in [5.41, 5.74) is 0.820. The minimum Gasteiger partial charge on any atom is -0.449 e. The predicted octanol–water partition coefficient (Wildman–Crippen LogP) is 1.56. The van der Waals surface area contributed by atoms with E-state index >= 15 is 0 Å². The van der Waals surface area contributed by atoms with E-state index in [1.165, 1.54) is 0 Å². The first-order valence-electron chi connectivity index (χ1n) is 5.42. The van der Waals surface area contributed by atoms with Gasteiger partial charge < -0.3 is 14.7 Å². The van der Waals surface area contributed by atoms with E-state index in [2.05, 4.69) is 0 Å². The Morgan fingerprint density at radius 1 is 1.38 bits per heavy atom. The largest absolute Gasteiger partial charge is 0.449 e. The van der Waals surface area contributed by atoms with Crippen LogP contribution in [0.1, 0.15) is 18.1 Å². The zero-order chi connectivity index (χ0) is 11.4. The summed E-state index contributed by atoms with van der Waals surface area (Å²) in [5, 5.41) is 9.94. The number of β-amino-alcohol motifs (C(OH)–C–C–N with tert-alkyl or cyclic N) is 1. The minimum atomic E-state index is -0.646. The summed E-state index contributed by atoms with van der Waals surface area (Å²) in [7, 11) is 0. The Kier molecular flexibility index (Phi) is 3.41. The number of hydrogen-bond donors (Lipinski definition) is 1. The number of ether oxygens (including phenoxy) is 1. The molecule has 2 rings (SSSR count). The maximum absolute atomic E-state index is 11.4. The molecule has 1 N–H and O–H groups in total. The van der Waals surface area contributed by atoms with E-state index in [0.717, 1.165) is 12.0 Å². The van der Waals surface area contributed by atoms with Crippen molar-refractivity contribution in [2.24, 2.45) is 0 Å². The molecule has 4 heteroatoms. The molecule has 0 aliphatic carbocycles. The number of carbonyl (C=O) groups excluding carboxylic acids is 1. The van der Waals surface area contributed by atoms with Gasteiger partial charge in [-0.1, -0.05) is 30.3 Å². The van der Waals surface area contributed by atoms with Crippen LogP contribution in [0.15, 0.2) is 30.3 Å². The number of nitrogens with zero attached hydrogens (tertiary/aromatic N) is 1. The van der Waals surface area contributed by atoms with Gasteiger partial charge in [0.2, 0.25) is 0 Å². The summed E-state index contributed by atoms with van der Waals surface area (Å²) >= 11 is 0. The Balaban J connectivity index is 1.96. The second-order valence-electron chi connectivity index (χ2n) is 3.84. The average molecular weight is 221 g/mol. The second kappa shape index (κ2) is 4.99. The quantitative estimate of drug-likeness (QED) is 0.842. The lowest BCUT2D eigenvalue weighted by Gasteiger charge is -2.28. The van der Waals surface area contributed by atoms with Gasteiger partial charge in [-0.15, -0.1) is 0 Å². The number of aliphatic hydroxyl groups excluding tert-OH is 1. The van der Waals surface area contributed by atoms with Crippen molar-refractivity contribution in [3.63, 3.8) is 0 Å². The molecule has 0 aromatic heterocycles. The summed E-state index contributed by atoms with van der Waals surface area (Å²) in [6, 6.07) is 9.32. The first kappa shape index (κ1) is 11.0. The van der Waals surface area contributed by atoms with Gasteiger partial charge in [-0.3, -0.25) is 0 Å². The molecule has 1 aliphatic heterocycles. The standard InChI is InChI=1S/C12H15NO3/c14-11(10-5-2-1-3-6-10)9-13-7-4-8-16-12(13)15/h1-3,5-6,11,14H,4,7-9H2. The van der Waals surface area contributed by atoms with Gasteiger partial charge in [0, 0.05) is 6.54 Å². The first-order chi connectivity index (χ1) is 7.77. The third-order valence-corrected chi connectivity index (χ3v) is 2.63. The van der Waals surface area contributed by atoms with Gasteiger partial charge in [-0.05, 0) is 12.0 Å². The first-order valence-corrected chi connectivity index (χ1v) is 5.42. The van der Waals surface area contributed by atoms with E-state index in [1.54, 1.807) is 4.90 Å². The van der Waals surface area contributed by atoms with Crippen LogP contribution in [0.2, 0.25) is 0 Å². The Labute approximate surface area is 94.4 Å². The average Bonchev–Trinajstić information content (AvgIpc) is 2.33. The van der Waals surface area contributed by atoms with Crippen LogP contribution in [0.4, 0.5) is 4.79 Å². The molecule has 1 unspecified atom stereocenters. The smallest absolute Gasteiger partial charge is 0.409 e. The summed E-state index contributed by atoms with van der Waals surface area (Å²) in [6.07, 6.45) is -0.152. The number of carbonyl (C=O) groups is 1. The molecule has 1 aliphatic rings. The van der Waals surface area contributed by atoms with Crippen molar-refractivity contribution in [1.82, 2.24) is 4.90 Å². The molecular weight excluding hydrogens is 206 g/mol. The van der Waals surface area contributed by atoms with Gasteiger partial charge in [0.05, 0.1) is 19.3 Å². The summed E-state index contributed by atoms with van der Waals surface area (Å²) < 4.78 is 4.90. The SMILES string of the molecule is O=C1OCCCN1CC(O)c1ccccc1. The molecule has 4 nitrogen and oxygen atoms in total. The minimum absolute atomic E-state index is 0.294. The molecule has 1 aromatic rings. The third-order valence-electron chi connectivity index (χ3n) is 2.63. The monoisotopic (exact) mass is 221 g/mol. The zero-order valence-electron chi connectivity index (χ0n) is 9.00. The Hall–Kier alpha value is -1.55. The maximum atomic E-state index is 11.4. The summed E-state index contributed by atoms with van der Waals surface area (Å²) in [6.45, 7) is 1.43. The topological polar surface area (TPSA) is 49.8 Å². The Bertz CT molecular complexity index is 353. The molecule has 1 aromatic carbocycles. The number of aliphatic hydroxyl groups is 1. The number of cyclic esters (lactones) is 1. The lowest BCUT2D eigenvalue weighted by molar-refractivity contribution is 0.0475. The molecule has 86 valence electrons. The third kappa shape index (κ3) is 2.52. The van der Waals surface area contributed by atoms with Crippen LogP contribution >= 0.6 is 0 Å². The van der Waals surface area contributed by atoms with Gasteiger partial charge in [-0.25, -0.2) is 4.79 Å². The number of amides is 1. The molecule has 0 bridgehead atoms. The van der Waals surface area contributed by atoms with Crippen LogP contribution in [0.5, 0.6) is 0 Å². The fraction of sp³-hybridized carbons (Fsp3) is 0.417. The van der Waals surface area contributed by atoms with Crippen LogP contribution in [-0.2, 0) is 4.74 Å². The number of benzene rings is 1. The molecule has 1 amide bonds. The molecule has 0 radical (unpaired) electrons. The molecule has 1 atom stereocenters. The predicted molar refractivity (Wildman–Crippen MR) is 58.9 cm³/mol. The van der Waals surface area contributed by atoms with E-state index in [-0.39, 0.29) is 6.09 Å². The summed E-state index contributed by atoms with van der Waals surface area (Å²) in [5.74, 6) is 0. The second-order valence-corrected chi connectivity index (χ2v) is 3.84. The van der Waals surface area contributed by atoms with Gasteiger partial charge in [0.1, 0.15) is 0 Å². The van der Waals surface area contributed by atoms with E-state index in [4.69, 9.17) is 4.74 Å². The molecule has 1 heterocycles. The highest BCUT2D eigenvalue weighted by Crippen LogP contribution is 2.15. The van der Waals surface area contributed by atoms with E-state index in [9.17, 15) is 9.90 Å². The molecule has 1 fully saturated rings. The zero-order valence-corrected chi connectivity index (χ0v) is 9.00. The van der Waals surface area contributed by atoms with Crippen molar-refractivity contribution < 1.29 is 14.6 Å². The molecule has 16 heavy (non-hydrogen) atoms. The highest BCUT2D eigenvalue weighted by atomic mass is 16.6. The van der Waals surface area contributed by atoms with Gasteiger partial charge in [0.25, 0.3) is 0 Å². The van der Waals surface area contributed by atoms with Crippen molar-refractivity contribution in [1.29, 1.82) is 0 Å². The van der Waals surface area contributed by atoms with E-state index < -0.39 is 6.10 Å². The van der Waals surface area contributed by atoms with Gasteiger partial charge >= 0.3 is 6.09 Å². The van der Waals surface area contributed by atoms with Gasteiger partial charge in [-0.2, -0.15) is 0 Å². The fourth-order valence-electron chi connectivity index (χ4n) is 1.75. The highest BCUT2D eigenvalue weighted by molar-refractivity contribution is 5.68. The number of rotatable bonds is 3. The molecular formula is C12H15NO3. The lowest BCUT2D eigenvalue weighted by Crippen LogP contribution is -2.40. The number of hydrogen-bond acceptors (Lipinski definition) is 3. The van der Waals surface area contributed by atoms with Crippen LogP contribution < -0.4 is 0 Å². The Morgan fingerprint density at radius 3 is 2.81 bits per heavy atom. The van der Waals surface area contributed by atoms with E-state index in [0.29, 0.717) is 19.7 Å². The van der Waals surface area contributed by atoms with Crippen LogP contribution in [-0.4, -0.2) is 35.8 Å².